The van der Waals surface area contributed by atoms with E-state index >= 15 is 0 Å². The molecule has 0 saturated carbocycles. The van der Waals surface area contributed by atoms with Crippen LogP contribution in [0.15, 0.2) is 24.4 Å². The van der Waals surface area contributed by atoms with E-state index in [0.717, 1.165) is 0 Å². The van der Waals surface area contributed by atoms with Gasteiger partial charge in [-0.1, -0.05) is 6.07 Å². The second kappa shape index (κ2) is 5.51. The molecule has 5 heteroatoms. The first-order valence-corrected chi connectivity index (χ1v) is 4.53. The molecule has 0 fully saturated rings. The number of carboxylic acid groups (broad SMARTS) is 1. The van der Waals surface area contributed by atoms with E-state index in [-0.39, 0.29) is 12.1 Å². The molecular formula is C11H10N2O3. The molecule has 0 aliphatic heterocycles. The van der Waals surface area contributed by atoms with Crippen molar-refractivity contribution in [2.75, 3.05) is 0 Å². The molecular weight excluding hydrogens is 208 g/mol. The molecule has 0 spiro atoms. The van der Waals surface area contributed by atoms with E-state index in [2.05, 4.69) is 16.2 Å². The molecule has 2 N–H and O–H groups in total. The van der Waals surface area contributed by atoms with Crippen molar-refractivity contribution in [3.8, 4) is 12.3 Å². The lowest BCUT2D eigenvalue weighted by Crippen LogP contribution is -2.40. The summed E-state index contributed by atoms with van der Waals surface area (Å²) in [6.45, 7) is 0. The van der Waals surface area contributed by atoms with Crippen LogP contribution in [0.1, 0.15) is 16.9 Å². The first-order valence-electron chi connectivity index (χ1n) is 4.53. The van der Waals surface area contributed by atoms with Crippen molar-refractivity contribution in [3.63, 3.8) is 0 Å². The number of rotatable bonds is 4. The number of carbonyl (C=O) groups excluding carboxylic acids is 1. The molecule has 5 nitrogen and oxygen atoms in total. The Morgan fingerprint density at radius 1 is 1.56 bits per heavy atom. The summed E-state index contributed by atoms with van der Waals surface area (Å²) >= 11 is 0. The summed E-state index contributed by atoms with van der Waals surface area (Å²) in [4.78, 5) is 26.0. The van der Waals surface area contributed by atoms with E-state index < -0.39 is 17.9 Å². The average Bonchev–Trinajstić information content (AvgIpc) is 2.29. The lowest BCUT2D eigenvalue weighted by atomic mass is 10.2. The topological polar surface area (TPSA) is 79.3 Å². The summed E-state index contributed by atoms with van der Waals surface area (Å²) in [6.07, 6.45) is 6.39. The number of hydrogen-bond donors (Lipinski definition) is 2. The van der Waals surface area contributed by atoms with Gasteiger partial charge in [-0.25, -0.2) is 4.79 Å². The Balaban J connectivity index is 2.70. The highest BCUT2D eigenvalue weighted by Gasteiger charge is 2.19. The van der Waals surface area contributed by atoms with Gasteiger partial charge in [0.2, 0.25) is 0 Å². The number of carbonyl (C=O) groups is 2. The molecule has 0 saturated heterocycles. The minimum atomic E-state index is -1.16. The molecule has 0 aromatic carbocycles. The molecule has 82 valence electrons. The van der Waals surface area contributed by atoms with Gasteiger partial charge in [-0.15, -0.1) is 12.3 Å². The van der Waals surface area contributed by atoms with Gasteiger partial charge in [-0.05, 0) is 12.1 Å². The molecule has 0 radical (unpaired) electrons. The SMILES string of the molecule is C#CC[C@@H](NC(=O)c1ccccn1)C(=O)O. The van der Waals surface area contributed by atoms with Gasteiger partial charge in [0.1, 0.15) is 11.7 Å². The normalized spacial score (nSPS) is 11.2. The number of carboxylic acids is 1. The number of nitrogens with one attached hydrogen (secondary N) is 1. The number of pyridine rings is 1. The maximum absolute atomic E-state index is 11.5. The first-order chi connectivity index (χ1) is 7.65. The Labute approximate surface area is 92.5 Å². The largest absolute Gasteiger partial charge is 0.480 e. The third-order valence-electron chi connectivity index (χ3n) is 1.82. The highest BCUT2D eigenvalue weighted by atomic mass is 16.4. The van der Waals surface area contributed by atoms with Gasteiger partial charge in [0.25, 0.3) is 5.91 Å². The number of hydrogen-bond acceptors (Lipinski definition) is 3. The standard InChI is InChI=1S/C11H10N2O3/c1-2-5-9(11(15)16)13-10(14)8-6-3-4-7-12-8/h1,3-4,6-7,9H,5H2,(H,13,14)(H,15,16)/t9-/m1/s1. The number of amides is 1. The van der Waals surface area contributed by atoms with Crippen LogP contribution in [0.2, 0.25) is 0 Å². The Hall–Kier alpha value is -2.35. The smallest absolute Gasteiger partial charge is 0.327 e. The van der Waals surface area contributed by atoms with Crippen LogP contribution in [0.5, 0.6) is 0 Å². The Morgan fingerprint density at radius 2 is 2.31 bits per heavy atom. The molecule has 1 rings (SSSR count). The Bertz CT molecular complexity index is 423. The van der Waals surface area contributed by atoms with E-state index in [9.17, 15) is 9.59 Å². The fourth-order valence-electron chi connectivity index (χ4n) is 1.05. The van der Waals surface area contributed by atoms with Crippen molar-refractivity contribution < 1.29 is 14.7 Å². The van der Waals surface area contributed by atoms with Crippen LogP contribution in [0.3, 0.4) is 0 Å². The van der Waals surface area contributed by atoms with Crippen LogP contribution in [-0.4, -0.2) is 28.0 Å². The average molecular weight is 218 g/mol. The zero-order valence-corrected chi connectivity index (χ0v) is 8.38. The van der Waals surface area contributed by atoms with Crippen molar-refractivity contribution in [2.24, 2.45) is 0 Å². The Morgan fingerprint density at radius 3 is 2.81 bits per heavy atom. The monoisotopic (exact) mass is 218 g/mol. The van der Waals surface area contributed by atoms with Crippen molar-refractivity contribution in [2.45, 2.75) is 12.5 Å². The Kier molecular flexibility index (Phi) is 4.04. The number of aliphatic carboxylic acids is 1. The molecule has 0 bridgehead atoms. The molecule has 1 heterocycles. The van der Waals surface area contributed by atoms with Gasteiger partial charge >= 0.3 is 5.97 Å². The quantitative estimate of drug-likeness (QED) is 0.712. The fraction of sp³-hybridized carbons (Fsp3) is 0.182. The van der Waals surface area contributed by atoms with Crippen LogP contribution in [0, 0.1) is 12.3 Å². The van der Waals surface area contributed by atoms with E-state index in [1.807, 2.05) is 0 Å². The van der Waals surface area contributed by atoms with E-state index in [0.29, 0.717) is 0 Å². The van der Waals surface area contributed by atoms with Crippen LogP contribution >= 0.6 is 0 Å². The van der Waals surface area contributed by atoms with Gasteiger partial charge in [-0.2, -0.15) is 0 Å². The van der Waals surface area contributed by atoms with E-state index in [4.69, 9.17) is 11.5 Å². The van der Waals surface area contributed by atoms with Crippen LogP contribution in [-0.2, 0) is 4.79 Å². The maximum atomic E-state index is 11.5. The van der Waals surface area contributed by atoms with Crippen molar-refractivity contribution in [1.82, 2.24) is 10.3 Å². The summed E-state index contributed by atoms with van der Waals surface area (Å²) in [6, 6.07) is 3.70. The minimum Gasteiger partial charge on any atom is -0.480 e. The maximum Gasteiger partial charge on any atom is 0.327 e. The molecule has 16 heavy (non-hydrogen) atoms. The highest BCUT2D eigenvalue weighted by molar-refractivity contribution is 5.94. The van der Waals surface area contributed by atoms with Gasteiger partial charge in [0.05, 0.1) is 0 Å². The summed E-state index contributed by atoms with van der Waals surface area (Å²) in [5.74, 6) is 0.473. The van der Waals surface area contributed by atoms with Gasteiger partial charge < -0.3 is 10.4 Å². The number of nitrogens with zero attached hydrogens (tertiary/aromatic N) is 1. The molecule has 0 unspecified atom stereocenters. The second-order valence-corrected chi connectivity index (χ2v) is 2.99. The lowest BCUT2D eigenvalue weighted by molar-refractivity contribution is -0.139. The predicted molar refractivity (Wildman–Crippen MR) is 56.6 cm³/mol. The predicted octanol–water partition coefficient (Wildman–Crippen LogP) is 0.288. The van der Waals surface area contributed by atoms with Crippen molar-refractivity contribution >= 4 is 11.9 Å². The van der Waals surface area contributed by atoms with Crippen LogP contribution in [0.4, 0.5) is 0 Å². The fourth-order valence-corrected chi connectivity index (χ4v) is 1.05. The summed E-state index contributed by atoms with van der Waals surface area (Å²) in [5, 5.41) is 11.1. The molecule has 0 aliphatic carbocycles. The number of terminal acetylenes is 1. The van der Waals surface area contributed by atoms with E-state index in [1.165, 1.54) is 12.3 Å². The van der Waals surface area contributed by atoms with Gasteiger partial charge in [-0.3, -0.25) is 9.78 Å². The number of aromatic nitrogens is 1. The molecule has 1 atom stereocenters. The third-order valence-corrected chi connectivity index (χ3v) is 1.82. The molecule has 1 aromatic rings. The molecule has 0 aliphatic rings. The lowest BCUT2D eigenvalue weighted by Gasteiger charge is -2.10. The van der Waals surface area contributed by atoms with Crippen LogP contribution < -0.4 is 5.32 Å². The third kappa shape index (κ3) is 3.10. The van der Waals surface area contributed by atoms with Crippen molar-refractivity contribution in [3.05, 3.63) is 30.1 Å². The summed E-state index contributed by atoms with van der Waals surface area (Å²) in [7, 11) is 0. The second-order valence-electron chi connectivity index (χ2n) is 2.99. The first kappa shape index (κ1) is 11.7. The van der Waals surface area contributed by atoms with Gasteiger partial charge in [0, 0.05) is 12.6 Å². The summed E-state index contributed by atoms with van der Waals surface area (Å²) in [5.41, 5.74) is 0.158. The zero-order valence-electron chi connectivity index (χ0n) is 8.38. The zero-order chi connectivity index (χ0) is 12.0. The molecule has 1 aromatic heterocycles. The molecule has 1 amide bonds. The summed E-state index contributed by atoms with van der Waals surface area (Å²) < 4.78 is 0. The van der Waals surface area contributed by atoms with E-state index in [1.54, 1.807) is 12.1 Å². The van der Waals surface area contributed by atoms with Crippen molar-refractivity contribution in [1.29, 1.82) is 0 Å². The van der Waals surface area contributed by atoms with Gasteiger partial charge in [0.15, 0.2) is 0 Å². The van der Waals surface area contributed by atoms with Crippen LogP contribution in [0.25, 0.3) is 0 Å². The minimum absolute atomic E-state index is 0.0616. The highest BCUT2D eigenvalue weighted by Crippen LogP contribution is 1.97.